The van der Waals surface area contributed by atoms with Crippen molar-refractivity contribution in [2.75, 3.05) is 31.9 Å². The minimum Gasteiger partial charge on any atom is -0.388 e. The largest absolute Gasteiger partial charge is 0.388 e. The molecule has 5 nitrogen and oxygen atoms in total. The monoisotopic (exact) mass is 241 g/mol. The number of rotatable bonds is 3. The number of aromatic nitrogens is 2. The van der Waals surface area contributed by atoms with E-state index in [1.54, 1.807) is 0 Å². The second-order valence-electron chi connectivity index (χ2n) is 4.30. The van der Waals surface area contributed by atoms with E-state index in [4.69, 9.17) is 5.73 Å². The Morgan fingerprint density at radius 3 is 2.88 bits per heavy atom. The van der Waals surface area contributed by atoms with Crippen LogP contribution in [0.2, 0.25) is 0 Å². The van der Waals surface area contributed by atoms with Gasteiger partial charge in [-0.25, -0.2) is 0 Å². The molecule has 0 spiro atoms. The maximum absolute atomic E-state index is 5.80. The van der Waals surface area contributed by atoms with Crippen LogP contribution < -0.4 is 5.73 Å². The molecular weight excluding hydrogens is 222 g/mol. The molecule has 1 aliphatic heterocycles. The van der Waals surface area contributed by atoms with Crippen molar-refractivity contribution in [3.63, 3.8) is 0 Å². The normalized spacial score (nSPS) is 23.8. The number of nitrogen functional groups attached to an aromatic ring is 1. The van der Waals surface area contributed by atoms with Crippen LogP contribution in [0.3, 0.4) is 0 Å². The van der Waals surface area contributed by atoms with E-state index in [1.165, 1.54) is 11.5 Å². The predicted octanol–water partition coefficient (Wildman–Crippen LogP) is 0.646. The molecule has 2 heterocycles. The van der Waals surface area contributed by atoms with E-state index in [2.05, 4.69) is 33.2 Å². The average Bonchev–Trinajstić information content (AvgIpc) is 2.65. The molecule has 0 amide bonds. The van der Waals surface area contributed by atoms with Gasteiger partial charge in [0, 0.05) is 43.8 Å². The van der Waals surface area contributed by atoms with Crippen molar-refractivity contribution in [3.8, 4) is 0 Å². The Kier molecular flexibility index (Phi) is 3.73. The van der Waals surface area contributed by atoms with Crippen LogP contribution >= 0.6 is 11.5 Å². The number of likely N-dealkylation sites (N-methyl/N-ethyl adjacent to an activating group) is 1. The molecule has 0 aliphatic carbocycles. The van der Waals surface area contributed by atoms with Gasteiger partial charge in [0.25, 0.3) is 0 Å². The Morgan fingerprint density at radius 2 is 2.31 bits per heavy atom. The fourth-order valence-electron chi connectivity index (χ4n) is 2.22. The van der Waals surface area contributed by atoms with Crippen LogP contribution in [0, 0.1) is 0 Å². The molecule has 0 radical (unpaired) electrons. The first kappa shape index (κ1) is 11.8. The van der Waals surface area contributed by atoms with Gasteiger partial charge in [-0.3, -0.25) is 9.80 Å². The zero-order valence-electron chi connectivity index (χ0n) is 9.89. The third-order valence-corrected chi connectivity index (χ3v) is 3.81. The molecule has 2 rings (SSSR count). The summed E-state index contributed by atoms with van der Waals surface area (Å²) < 4.78 is 3.87. The fraction of sp³-hybridized carbons (Fsp3) is 0.800. The van der Waals surface area contributed by atoms with E-state index in [-0.39, 0.29) is 0 Å². The van der Waals surface area contributed by atoms with Gasteiger partial charge in [0.2, 0.25) is 0 Å². The van der Waals surface area contributed by atoms with Crippen molar-refractivity contribution < 1.29 is 0 Å². The second kappa shape index (κ2) is 5.07. The fourth-order valence-corrected chi connectivity index (χ4v) is 2.66. The van der Waals surface area contributed by atoms with Gasteiger partial charge in [0.1, 0.15) is 10.7 Å². The van der Waals surface area contributed by atoms with Gasteiger partial charge in [-0.2, -0.15) is 0 Å². The Labute approximate surface area is 100 Å². The van der Waals surface area contributed by atoms with E-state index in [1.807, 2.05) is 0 Å². The number of piperazine rings is 1. The highest BCUT2D eigenvalue weighted by Crippen LogP contribution is 2.17. The lowest BCUT2D eigenvalue weighted by atomic mass is 10.2. The number of nitrogens with two attached hydrogens (primary N) is 1. The molecule has 1 fully saturated rings. The van der Waals surface area contributed by atoms with Crippen molar-refractivity contribution in [2.45, 2.75) is 26.4 Å². The van der Waals surface area contributed by atoms with Crippen LogP contribution in [0.15, 0.2) is 0 Å². The van der Waals surface area contributed by atoms with Crippen molar-refractivity contribution in [2.24, 2.45) is 0 Å². The minimum atomic E-state index is 0.617. The topological polar surface area (TPSA) is 58.3 Å². The molecule has 0 saturated carbocycles. The van der Waals surface area contributed by atoms with Crippen LogP contribution in [0.1, 0.15) is 19.5 Å². The summed E-state index contributed by atoms with van der Waals surface area (Å²) in [5.41, 5.74) is 6.73. The van der Waals surface area contributed by atoms with Gasteiger partial charge in [-0.05, 0) is 13.5 Å². The van der Waals surface area contributed by atoms with Crippen molar-refractivity contribution in [1.29, 1.82) is 0 Å². The summed E-state index contributed by atoms with van der Waals surface area (Å²) >= 11 is 1.28. The van der Waals surface area contributed by atoms with Crippen LogP contribution in [0.5, 0.6) is 0 Å². The van der Waals surface area contributed by atoms with E-state index in [0.717, 1.165) is 43.4 Å². The first-order valence-corrected chi connectivity index (χ1v) is 6.51. The van der Waals surface area contributed by atoms with Gasteiger partial charge in [0.05, 0.1) is 0 Å². The molecule has 90 valence electrons. The second-order valence-corrected chi connectivity index (χ2v) is 5.08. The summed E-state index contributed by atoms with van der Waals surface area (Å²) in [6, 6.07) is 0.617. The molecule has 16 heavy (non-hydrogen) atoms. The maximum atomic E-state index is 5.80. The summed E-state index contributed by atoms with van der Waals surface area (Å²) in [6.07, 6.45) is 0. The quantitative estimate of drug-likeness (QED) is 0.842. The number of nitrogens with zero attached hydrogens (tertiary/aromatic N) is 4. The summed E-state index contributed by atoms with van der Waals surface area (Å²) in [5, 5.41) is 4.82. The SMILES string of the molecule is CCN1CCN(Cc2nnsc2N)CC1C. The number of anilines is 1. The summed E-state index contributed by atoms with van der Waals surface area (Å²) in [5.74, 6) is 0. The van der Waals surface area contributed by atoms with E-state index in [0.29, 0.717) is 6.04 Å². The summed E-state index contributed by atoms with van der Waals surface area (Å²) in [6.45, 7) is 9.78. The first-order chi connectivity index (χ1) is 7.70. The van der Waals surface area contributed by atoms with Gasteiger partial charge in [-0.15, -0.1) is 5.10 Å². The Balaban J connectivity index is 1.91. The third kappa shape index (κ3) is 2.50. The van der Waals surface area contributed by atoms with Gasteiger partial charge >= 0.3 is 0 Å². The number of hydrogen-bond donors (Lipinski definition) is 1. The Hall–Kier alpha value is -0.720. The van der Waals surface area contributed by atoms with E-state index < -0.39 is 0 Å². The van der Waals surface area contributed by atoms with E-state index in [9.17, 15) is 0 Å². The maximum Gasteiger partial charge on any atom is 0.132 e. The summed E-state index contributed by atoms with van der Waals surface area (Å²) in [4.78, 5) is 4.91. The van der Waals surface area contributed by atoms with Crippen LogP contribution in [-0.4, -0.2) is 51.6 Å². The molecule has 2 N–H and O–H groups in total. The van der Waals surface area contributed by atoms with Gasteiger partial charge < -0.3 is 5.73 Å². The first-order valence-electron chi connectivity index (χ1n) is 5.73. The molecule has 1 saturated heterocycles. The van der Waals surface area contributed by atoms with E-state index >= 15 is 0 Å². The van der Waals surface area contributed by atoms with Crippen LogP contribution in [0.25, 0.3) is 0 Å². The van der Waals surface area contributed by atoms with Gasteiger partial charge in [-0.1, -0.05) is 11.4 Å². The smallest absolute Gasteiger partial charge is 0.132 e. The molecule has 1 aromatic rings. The average molecular weight is 241 g/mol. The lowest BCUT2D eigenvalue weighted by Gasteiger charge is -2.39. The minimum absolute atomic E-state index is 0.617. The summed E-state index contributed by atoms with van der Waals surface area (Å²) in [7, 11) is 0. The molecule has 0 aromatic carbocycles. The van der Waals surface area contributed by atoms with Crippen LogP contribution in [0.4, 0.5) is 5.00 Å². The lowest BCUT2D eigenvalue weighted by Crippen LogP contribution is -2.51. The zero-order valence-corrected chi connectivity index (χ0v) is 10.7. The molecule has 1 atom stereocenters. The van der Waals surface area contributed by atoms with Gasteiger partial charge in [0.15, 0.2) is 0 Å². The molecule has 0 bridgehead atoms. The van der Waals surface area contributed by atoms with Crippen molar-refractivity contribution >= 4 is 16.5 Å². The molecule has 6 heteroatoms. The zero-order chi connectivity index (χ0) is 11.5. The highest BCUT2D eigenvalue weighted by atomic mass is 32.1. The van der Waals surface area contributed by atoms with Crippen molar-refractivity contribution in [3.05, 3.63) is 5.69 Å². The Morgan fingerprint density at radius 1 is 1.50 bits per heavy atom. The molecule has 1 unspecified atom stereocenters. The molecular formula is C10H19N5S. The number of hydrogen-bond acceptors (Lipinski definition) is 6. The predicted molar refractivity (Wildman–Crippen MR) is 66.3 cm³/mol. The highest BCUT2D eigenvalue weighted by Gasteiger charge is 2.23. The van der Waals surface area contributed by atoms with Crippen molar-refractivity contribution in [1.82, 2.24) is 19.4 Å². The lowest BCUT2D eigenvalue weighted by molar-refractivity contribution is 0.0828. The Bertz CT molecular complexity index is 340. The molecule has 1 aliphatic rings. The standard InChI is InChI=1S/C10H19N5S/c1-3-15-5-4-14(6-8(15)2)7-9-10(11)16-13-12-9/h8H,3-7,11H2,1-2H3. The highest BCUT2D eigenvalue weighted by molar-refractivity contribution is 7.09. The third-order valence-electron chi connectivity index (χ3n) is 3.21. The van der Waals surface area contributed by atoms with Crippen LogP contribution in [-0.2, 0) is 6.54 Å². The molecule has 1 aromatic heterocycles.